The number of allylic oxidation sites excluding steroid dienone is 2. The third kappa shape index (κ3) is 7.30. The molecule has 2 fully saturated rings. The van der Waals surface area contributed by atoms with Gasteiger partial charge in [-0.3, -0.25) is 4.79 Å². The fourth-order valence-electron chi connectivity index (χ4n) is 4.32. The summed E-state index contributed by atoms with van der Waals surface area (Å²) in [7, 11) is 1.67. The van der Waals surface area contributed by atoms with Crippen molar-refractivity contribution in [1.29, 1.82) is 0 Å². The van der Waals surface area contributed by atoms with Crippen LogP contribution in [0.4, 0.5) is 0 Å². The molecule has 0 bridgehead atoms. The molecule has 0 aromatic carbocycles. The minimum atomic E-state index is -0.418. The minimum Gasteiger partial charge on any atom is -0.393 e. The fourth-order valence-corrected chi connectivity index (χ4v) is 4.32. The second-order valence-electron chi connectivity index (χ2n) is 8.38. The van der Waals surface area contributed by atoms with E-state index in [-0.39, 0.29) is 83.3 Å². The number of aliphatic hydroxyl groups excluding tert-OH is 2. The standard InChI is InChI=1S/C21H34O4.2W/c1-5-21(2,3)17-12-15(20(25-4)13-19(17)24)8-11-18(23)14-6-9-16(22)10-7-14;;/h5,8,11,14-17,19-20,22,24H,1,6-7,9-10,12-13H2,2-4H3;;/b11-8+;;. The van der Waals surface area contributed by atoms with Crippen molar-refractivity contribution < 1.29 is 61.9 Å². The largest absolute Gasteiger partial charge is 0.393 e. The van der Waals surface area contributed by atoms with E-state index in [1.807, 2.05) is 12.2 Å². The molecule has 2 saturated carbocycles. The molecule has 0 heterocycles. The first-order valence-electron chi connectivity index (χ1n) is 9.53. The predicted octanol–water partition coefficient (Wildman–Crippen LogP) is 3.27. The van der Waals surface area contributed by atoms with Crippen molar-refractivity contribution >= 4 is 5.78 Å². The second kappa shape index (κ2) is 12.2. The summed E-state index contributed by atoms with van der Waals surface area (Å²) in [6.07, 6.45) is 9.23. The number of methoxy groups -OCH3 is 1. The first kappa shape index (κ1) is 27.4. The molecule has 6 heteroatoms. The van der Waals surface area contributed by atoms with Crippen LogP contribution in [0.3, 0.4) is 0 Å². The minimum absolute atomic E-state index is 0. The normalized spacial score (nSPS) is 34.4. The van der Waals surface area contributed by atoms with Crippen LogP contribution in [0.15, 0.2) is 24.8 Å². The van der Waals surface area contributed by atoms with E-state index < -0.39 is 6.10 Å². The van der Waals surface area contributed by atoms with Gasteiger partial charge in [0.1, 0.15) is 0 Å². The number of rotatable bonds is 6. The van der Waals surface area contributed by atoms with Gasteiger partial charge in [-0.2, -0.15) is 0 Å². The summed E-state index contributed by atoms with van der Waals surface area (Å²) in [5, 5.41) is 20.1. The molecule has 4 nitrogen and oxygen atoms in total. The Morgan fingerprint density at radius 2 is 1.70 bits per heavy atom. The molecule has 0 saturated heterocycles. The summed E-state index contributed by atoms with van der Waals surface area (Å²) < 4.78 is 5.58. The Bertz CT molecular complexity index is 498. The van der Waals surface area contributed by atoms with Gasteiger partial charge < -0.3 is 14.9 Å². The van der Waals surface area contributed by atoms with Crippen LogP contribution in [0.1, 0.15) is 52.4 Å². The number of hydrogen-bond donors (Lipinski definition) is 2. The molecule has 0 aromatic heterocycles. The van der Waals surface area contributed by atoms with E-state index in [1.165, 1.54) is 0 Å². The molecule has 2 aliphatic carbocycles. The Morgan fingerprint density at radius 3 is 2.22 bits per heavy atom. The van der Waals surface area contributed by atoms with Gasteiger partial charge in [-0.15, -0.1) is 6.58 Å². The molecule has 0 spiro atoms. The van der Waals surface area contributed by atoms with Crippen molar-refractivity contribution in [2.75, 3.05) is 7.11 Å². The molecule has 27 heavy (non-hydrogen) atoms. The molecular formula is C21H34O4W2. The number of ether oxygens (including phenoxy) is 1. The summed E-state index contributed by atoms with van der Waals surface area (Å²) in [4.78, 5) is 12.5. The van der Waals surface area contributed by atoms with Crippen molar-refractivity contribution in [3.05, 3.63) is 24.8 Å². The molecular weight excluding hydrogens is 684 g/mol. The first-order chi connectivity index (χ1) is 11.8. The maximum atomic E-state index is 12.5. The zero-order valence-corrected chi connectivity index (χ0v) is 22.5. The molecule has 4 unspecified atom stereocenters. The Morgan fingerprint density at radius 1 is 1.11 bits per heavy atom. The van der Waals surface area contributed by atoms with Crippen molar-refractivity contribution in [3.8, 4) is 0 Å². The average Bonchev–Trinajstić information content (AvgIpc) is 2.60. The SMILES string of the molecule is C=CC(C)(C)C1CC(/C=C/C(=O)C2CCC(O)CC2)C(OC)CC1O.[W].[W]. The Labute approximate surface area is 192 Å². The van der Waals surface area contributed by atoms with Crippen LogP contribution in [-0.4, -0.2) is 41.4 Å². The third-order valence-electron chi connectivity index (χ3n) is 6.33. The number of carbonyl (C=O) groups excluding carboxylic acids is 1. The molecule has 0 aliphatic heterocycles. The second-order valence-corrected chi connectivity index (χ2v) is 8.38. The summed E-state index contributed by atoms with van der Waals surface area (Å²) in [5.41, 5.74) is -0.159. The quantitative estimate of drug-likeness (QED) is 0.328. The topological polar surface area (TPSA) is 66.8 Å². The maximum Gasteiger partial charge on any atom is 0.158 e. The number of aliphatic hydroxyl groups is 2. The molecule has 0 radical (unpaired) electrons. The monoisotopic (exact) mass is 718 g/mol. The van der Waals surface area contributed by atoms with E-state index in [0.717, 1.165) is 32.1 Å². The molecule has 0 amide bonds. The summed E-state index contributed by atoms with van der Waals surface area (Å²) in [5.74, 6) is 0.421. The van der Waals surface area contributed by atoms with Crippen LogP contribution in [0, 0.1) is 23.2 Å². The van der Waals surface area contributed by atoms with Crippen LogP contribution in [-0.2, 0) is 51.7 Å². The average molecular weight is 718 g/mol. The van der Waals surface area contributed by atoms with Gasteiger partial charge >= 0.3 is 0 Å². The van der Waals surface area contributed by atoms with Gasteiger partial charge in [0.2, 0.25) is 0 Å². The van der Waals surface area contributed by atoms with Crippen molar-refractivity contribution in [2.24, 2.45) is 23.2 Å². The maximum absolute atomic E-state index is 12.5. The number of carbonyl (C=O) groups is 1. The van der Waals surface area contributed by atoms with Gasteiger partial charge in [0.25, 0.3) is 0 Å². The van der Waals surface area contributed by atoms with E-state index in [0.29, 0.717) is 6.42 Å². The van der Waals surface area contributed by atoms with Crippen LogP contribution < -0.4 is 0 Å². The van der Waals surface area contributed by atoms with E-state index in [1.54, 1.807) is 13.2 Å². The molecule has 2 rings (SSSR count). The molecule has 4 atom stereocenters. The summed E-state index contributed by atoms with van der Waals surface area (Å²) in [6, 6.07) is 0. The van der Waals surface area contributed by atoms with Crippen LogP contribution in [0.25, 0.3) is 0 Å². The van der Waals surface area contributed by atoms with Crippen molar-refractivity contribution in [1.82, 2.24) is 0 Å². The van der Waals surface area contributed by atoms with Gasteiger partial charge in [0.15, 0.2) is 5.78 Å². The van der Waals surface area contributed by atoms with E-state index in [4.69, 9.17) is 4.74 Å². The Hall–Kier alpha value is 0.407. The van der Waals surface area contributed by atoms with Crippen LogP contribution >= 0.6 is 0 Å². The van der Waals surface area contributed by atoms with Gasteiger partial charge in [0, 0.05) is 67.5 Å². The van der Waals surface area contributed by atoms with Gasteiger partial charge in [-0.25, -0.2) is 0 Å². The van der Waals surface area contributed by atoms with E-state index >= 15 is 0 Å². The van der Waals surface area contributed by atoms with Gasteiger partial charge in [0.05, 0.1) is 18.3 Å². The molecule has 2 aliphatic rings. The zero-order valence-electron chi connectivity index (χ0n) is 16.7. The van der Waals surface area contributed by atoms with Gasteiger partial charge in [-0.05, 0) is 49.5 Å². The van der Waals surface area contributed by atoms with E-state index in [2.05, 4.69) is 20.4 Å². The summed E-state index contributed by atoms with van der Waals surface area (Å²) >= 11 is 0. The zero-order chi connectivity index (χ0) is 18.6. The number of ketones is 1. The number of hydrogen-bond acceptors (Lipinski definition) is 4. The van der Waals surface area contributed by atoms with Crippen LogP contribution in [0.5, 0.6) is 0 Å². The van der Waals surface area contributed by atoms with E-state index in [9.17, 15) is 15.0 Å². The van der Waals surface area contributed by atoms with Crippen molar-refractivity contribution in [2.45, 2.75) is 70.7 Å². The molecule has 0 aromatic rings. The Balaban J connectivity index is 0.00000338. The molecule has 154 valence electrons. The Kier molecular flexibility index (Phi) is 12.4. The first-order valence-corrected chi connectivity index (χ1v) is 9.53. The molecule has 2 N–H and O–H groups in total. The van der Waals surface area contributed by atoms with Crippen molar-refractivity contribution in [3.63, 3.8) is 0 Å². The predicted molar refractivity (Wildman–Crippen MR) is 99.1 cm³/mol. The van der Waals surface area contributed by atoms with Gasteiger partial charge in [-0.1, -0.05) is 26.0 Å². The smallest absolute Gasteiger partial charge is 0.158 e. The summed E-state index contributed by atoms with van der Waals surface area (Å²) in [6.45, 7) is 8.11. The fraction of sp³-hybridized carbons (Fsp3) is 0.762. The van der Waals surface area contributed by atoms with Crippen LogP contribution in [0.2, 0.25) is 0 Å². The third-order valence-corrected chi connectivity index (χ3v) is 6.33.